The molecule has 0 fully saturated rings. The number of thiophene rings is 1. The van der Waals surface area contributed by atoms with Crippen molar-refractivity contribution < 1.29 is 4.74 Å². The number of rotatable bonds is 6. The van der Waals surface area contributed by atoms with Gasteiger partial charge < -0.3 is 10.1 Å². The van der Waals surface area contributed by atoms with Crippen LogP contribution in [0.4, 0.5) is 0 Å². The maximum atomic E-state index is 5.73. The highest BCUT2D eigenvalue weighted by Gasteiger charge is 2.02. The fourth-order valence-corrected chi connectivity index (χ4v) is 2.44. The van der Waals surface area contributed by atoms with Gasteiger partial charge in [-0.3, -0.25) is 0 Å². The molecule has 2 rings (SSSR count). The molecule has 18 heavy (non-hydrogen) atoms. The van der Waals surface area contributed by atoms with E-state index in [0.29, 0.717) is 6.04 Å². The molecule has 0 amide bonds. The Labute approximate surface area is 113 Å². The zero-order valence-corrected chi connectivity index (χ0v) is 11.7. The largest absolute Gasteiger partial charge is 0.493 e. The summed E-state index contributed by atoms with van der Waals surface area (Å²) in [7, 11) is 1.97. The molecule has 0 aliphatic rings. The summed E-state index contributed by atoms with van der Waals surface area (Å²) < 4.78 is 5.73. The van der Waals surface area contributed by atoms with E-state index in [9.17, 15) is 0 Å². The monoisotopic (exact) mass is 261 g/mol. The molecule has 96 valence electrons. The number of benzene rings is 1. The Kier molecular flexibility index (Phi) is 4.79. The molecule has 1 aromatic carbocycles. The number of ether oxygens (including phenoxy) is 1. The summed E-state index contributed by atoms with van der Waals surface area (Å²) in [6, 6.07) is 10.8. The first-order chi connectivity index (χ1) is 8.79. The van der Waals surface area contributed by atoms with Gasteiger partial charge in [0.2, 0.25) is 0 Å². The van der Waals surface area contributed by atoms with E-state index < -0.39 is 0 Å². The van der Waals surface area contributed by atoms with Gasteiger partial charge in [-0.1, -0.05) is 12.1 Å². The van der Waals surface area contributed by atoms with Gasteiger partial charge in [0, 0.05) is 12.5 Å². The Morgan fingerprint density at radius 3 is 2.61 bits per heavy atom. The van der Waals surface area contributed by atoms with Crippen LogP contribution in [-0.2, 0) is 6.42 Å². The van der Waals surface area contributed by atoms with E-state index in [2.05, 4.69) is 41.2 Å². The molecule has 3 heteroatoms. The Balaban J connectivity index is 1.83. The van der Waals surface area contributed by atoms with Crippen molar-refractivity contribution >= 4 is 11.3 Å². The van der Waals surface area contributed by atoms with Gasteiger partial charge in [-0.15, -0.1) is 0 Å². The van der Waals surface area contributed by atoms with Crippen molar-refractivity contribution in [2.75, 3.05) is 13.7 Å². The fourth-order valence-electron chi connectivity index (χ4n) is 1.74. The molecule has 0 saturated carbocycles. The lowest BCUT2D eigenvalue weighted by atomic mass is 10.1. The van der Waals surface area contributed by atoms with Crippen LogP contribution in [0.3, 0.4) is 0 Å². The molecule has 2 nitrogen and oxygen atoms in total. The lowest BCUT2D eigenvalue weighted by molar-refractivity contribution is 0.322. The Morgan fingerprint density at radius 1 is 1.22 bits per heavy atom. The molecule has 0 aliphatic carbocycles. The van der Waals surface area contributed by atoms with Crippen LogP contribution < -0.4 is 10.1 Å². The van der Waals surface area contributed by atoms with Crippen molar-refractivity contribution in [3.8, 4) is 5.75 Å². The van der Waals surface area contributed by atoms with Crippen LogP contribution >= 0.6 is 11.3 Å². The minimum atomic E-state index is 0.379. The highest BCUT2D eigenvalue weighted by molar-refractivity contribution is 7.07. The van der Waals surface area contributed by atoms with Crippen LogP contribution in [0, 0.1) is 0 Å². The zero-order chi connectivity index (χ0) is 12.8. The second-order valence-corrected chi connectivity index (χ2v) is 5.09. The molecule has 1 aromatic heterocycles. The van der Waals surface area contributed by atoms with E-state index in [1.807, 2.05) is 19.2 Å². The van der Waals surface area contributed by atoms with E-state index in [1.54, 1.807) is 11.3 Å². The van der Waals surface area contributed by atoms with Crippen LogP contribution in [0.1, 0.15) is 24.1 Å². The maximum absolute atomic E-state index is 5.73. The van der Waals surface area contributed by atoms with Gasteiger partial charge >= 0.3 is 0 Å². The summed E-state index contributed by atoms with van der Waals surface area (Å²) in [6.07, 6.45) is 0.970. The van der Waals surface area contributed by atoms with Crippen LogP contribution in [0.5, 0.6) is 5.75 Å². The molecule has 0 spiro atoms. The number of hydrogen-bond donors (Lipinski definition) is 1. The summed E-state index contributed by atoms with van der Waals surface area (Å²) >= 11 is 1.73. The van der Waals surface area contributed by atoms with E-state index in [0.717, 1.165) is 18.8 Å². The second-order valence-electron chi connectivity index (χ2n) is 4.31. The minimum Gasteiger partial charge on any atom is -0.493 e. The SMILES string of the molecule is CNC(C)c1ccc(OCCc2ccsc2)cc1. The first-order valence-corrected chi connectivity index (χ1v) is 7.15. The summed E-state index contributed by atoms with van der Waals surface area (Å²) in [5.74, 6) is 0.942. The topological polar surface area (TPSA) is 21.3 Å². The van der Waals surface area contributed by atoms with Crippen LogP contribution in [-0.4, -0.2) is 13.7 Å². The van der Waals surface area contributed by atoms with Crippen molar-refractivity contribution in [3.05, 3.63) is 52.2 Å². The number of nitrogens with one attached hydrogen (secondary N) is 1. The van der Waals surface area contributed by atoms with Gasteiger partial charge in [0.1, 0.15) is 5.75 Å². The molecule has 0 aliphatic heterocycles. The maximum Gasteiger partial charge on any atom is 0.119 e. The Bertz CT molecular complexity index is 450. The second kappa shape index (κ2) is 6.57. The van der Waals surface area contributed by atoms with E-state index >= 15 is 0 Å². The lowest BCUT2D eigenvalue weighted by Crippen LogP contribution is -2.12. The fraction of sp³-hybridized carbons (Fsp3) is 0.333. The predicted octanol–water partition coefficient (Wildman–Crippen LogP) is 3.65. The van der Waals surface area contributed by atoms with Gasteiger partial charge in [-0.25, -0.2) is 0 Å². The Morgan fingerprint density at radius 2 is 2.00 bits per heavy atom. The quantitative estimate of drug-likeness (QED) is 0.857. The van der Waals surface area contributed by atoms with Crippen LogP contribution in [0.15, 0.2) is 41.1 Å². The first-order valence-electron chi connectivity index (χ1n) is 6.20. The van der Waals surface area contributed by atoms with Gasteiger partial charge in [0.05, 0.1) is 6.61 Å². The molecule has 2 aromatic rings. The predicted molar refractivity (Wildman–Crippen MR) is 77.4 cm³/mol. The first kappa shape index (κ1) is 13.1. The van der Waals surface area contributed by atoms with Crippen molar-refractivity contribution in [3.63, 3.8) is 0 Å². The Hall–Kier alpha value is -1.32. The molecule has 1 N–H and O–H groups in total. The third kappa shape index (κ3) is 3.59. The average molecular weight is 261 g/mol. The van der Waals surface area contributed by atoms with E-state index in [1.165, 1.54) is 11.1 Å². The van der Waals surface area contributed by atoms with Gasteiger partial charge in [-0.05, 0) is 54.1 Å². The number of hydrogen-bond acceptors (Lipinski definition) is 3. The highest BCUT2D eigenvalue weighted by atomic mass is 32.1. The summed E-state index contributed by atoms with van der Waals surface area (Å²) in [6.45, 7) is 2.88. The summed E-state index contributed by atoms with van der Waals surface area (Å²) in [5.41, 5.74) is 2.63. The van der Waals surface area contributed by atoms with Crippen LogP contribution in [0.2, 0.25) is 0 Å². The van der Waals surface area contributed by atoms with Crippen molar-refractivity contribution in [1.82, 2.24) is 5.32 Å². The van der Waals surface area contributed by atoms with Crippen molar-refractivity contribution in [2.24, 2.45) is 0 Å². The highest BCUT2D eigenvalue weighted by Crippen LogP contribution is 2.17. The minimum absolute atomic E-state index is 0.379. The van der Waals surface area contributed by atoms with E-state index in [-0.39, 0.29) is 0 Å². The zero-order valence-electron chi connectivity index (χ0n) is 10.8. The molecule has 1 heterocycles. The normalized spacial score (nSPS) is 12.3. The standard InChI is InChI=1S/C15H19NOS/c1-12(16-2)14-3-5-15(6-4-14)17-9-7-13-8-10-18-11-13/h3-6,8,10-12,16H,7,9H2,1-2H3. The molecule has 0 saturated heterocycles. The molecule has 1 unspecified atom stereocenters. The summed E-state index contributed by atoms with van der Waals surface area (Å²) in [5, 5.41) is 7.49. The molecular weight excluding hydrogens is 242 g/mol. The molecule has 1 atom stereocenters. The van der Waals surface area contributed by atoms with Gasteiger partial charge in [0.15, 0.2) is 0 Å². The van der Waals surface area contributed by atoms with Crippen LogP contribution in [0.25, 0.3) is 0 Å². The smallest absolute Gasteiger partial charge is 0.119 e. The van der Waals surface area contributed by atoms with Gasteiger partial charge in [0.25, 0.3) is 0 Å². The third-order valence-electron chi connectivity index (χ3n) is 3.05. The molecule has 0 radical (unpaired) electrons. The van der Waals surface area contributed by atoms with Crippen molar-refractivity contribution in [2.45, 2.75) is 19.4 Å². The van der Waals surface area contributed by atoms with Crippen molar-refractivity contribution in [1.29, 1.82) is 0 Å². The molecule has 0 bridgehead atoms. The molecular formula is C15H19NOS. The third-order valence-corrected chi connectivity index (χ3v) is 3.78. The van der Waals surface area contributed by atoms with Gasteiger partial charge in [-0.2, -0.15) is 11.3 Å². The average Bonchev–Trinajstić information content (AvgIpc) is 2.92. The van der Waals surface area contributed by atoms with E-state index in [4.69, 9.17) is 4.74 Å². The lowest BCUT2D eigenvalue weighted by Gasteiger charge is -2.11. The summed E-state index contributed by atoms with van der Waals surface area (Å²) in [4.78, 5) is 0.